The van der Waals surface area contributed by atoms with E-state index in [1.54, 1.807) is 25.3 Å². The predicted octanol–water partition coefficient (Wildman–Crippen LogP) is 3.02. The number of nitrogens with one attached hydrogen (secondary N) is 2. The van der Waals surface area contributed by atoms with Crippen molar-refractivity contribution in [2.75, 3.05) is 38.5 Å². The fraction of sp³-hybridized carbons (Fsp3) is 0.286. The Balaban J connectivity index is 1.63. The molecule has 0 aromatic heterocycles. The summed E-state index contributed by atoms with van der Waals surface area (Å²) in [6.45, 7) is 0. The van der Waals surface area contributed by atoms with Gasteiger partial charge in [-0.15, -0.1) is 0 Å². The Hall–Kier alpha value is -3.20. The predicted molar refractivity (Wildman–Crippen MR) is 120 cm³/mol. The van der Waals surface area contributed by atoms with Gasteiger partial charge in [-0.3, -0.25) is 9.59 Å². The van der Waals surface area contributed by atoms with E-state index in [0.29, 0.717) is 22.4 Å². The van der Waals surface area contributed by atoms with Gasteiger partial charge < -0.3 is 25.0 Å². The number of carbonyl (C=O) groups is 2. The summed E-state index contributed by atoms with van der Waals surface area (Å²) in [7, 11) is 6.99. The van der Waals surface area contributed by atoms with Crippen LogP contribution in [-0.2, 0) is 9.59 Å². The first kappa shape index (κ1) is 21.5. The van der Waals surface area contributed by atoms with Gasteiger partial charge in [-0.05, 0) is 36.4 Å². The van der Waals surface area contributed by atoms with Gasteiger partial charge >= 0.3 is 0 Å². The molecule has 0 aliphatic carbocycles. The lowest BCUT2D eigenvalue weighted by Gasteiger charge is -2.12. The van der Waals surface area contributed by atoms with Crippen LogP contribution in [0.25, 0.3) is 0 Å². The molecule has 1 fully saturated rings. The van der Waals surface area contributed by atoms with E-state index in [1.807, 2.05) is 43.3 Å². The van der Waals surface area contributed by atoms with E-state index in [9.17, 15) is 9.59 Å². The molecule has 1 aliphatic rings. The number of ether oxygens (including phenoxy) is 2. The highest BCUT2D eigenvalue weighted by atomic mass is 32.2. The second-order valence-electron chi connectivity index (χ2n) is 6.74. The number of amidine groups is 1. The van der Waals surface area contributed by atoms with Crippen LogP contribution in [0.5, 0.6) is 11.5 Å². The van der Waals surface area contributed by atoms with Crippen LogP contribution in [0.15, 0.2) is 47.5 Å². The molecule has 1 aliphatic heterocycles. The summed E-state index contributed by atoms with van der Waals surface area (Å²) in [5, 5.41) is 5.45. The minimum atomic E-state index is -0.554. The Morgan fingerprint density at radius 3 is 2.53 bits per heavy atom. The maximum atomic E-state index is 12.5. The Labute approximate surface area is 179 Å². The molecule has 0 saturated carbocycles. The van der Waals surface area contributed by atoms with E-state index >= 15 is 0 Å². The van der Waals surface area contributed by atoms with Crippen LogP contribution in [-0.4, -0.2) is 50.5 Å². The van der Waals surface area contributed by atoms with Gasteiger partial charge in [-0.25, -0.2) is 4.99 Å². The highest BCUT2D eigenvalue weighted by Crippen LogP contribution is 2.30. The number of methoxy groups -OCH3 is 2. The first-order valence-corrected chi connectivity index (χ1v) is 10.1. The average molecular weight is 429 g/mol. The van der Waals surface area contributed by atoms with Crippen molar-refractivity contribution >= 4 is 45.8 Å². The zero-order chi connectivity index (χ0) is 21.7. The van der Waals surface area contributed by atoms with Crippen molar-refractivity contribution < 1.29 is 19.1 Å². The maximum Gasteiger partial charge on any atom is 0.240 e. The number of carbonyl (C=O) groups excluding carboxylic acids is 2. The molecule has 2 aromatic carbocycles. The Bertz CT molecular complexity index is 960. The number of amides is 2. The molecule has 9 heteroatoms. The minimum Gasteiger partial charge on any atom is -0.497 e. The first-order valence-electron chi connectivity index (χ1n) is 9.25. The van der Waals surface area contributed by atoms with E-state index in [0.717, 1.165) is 11.4 Å². The van der Waals surface area contributed by atoms with Crippen molar-refractivity contribution in [2.24, 2.45) is 4.99 Å². The molecule has 0 radical (unpaired) electrons. The van der Waals surface area contributed by atoms with Crippen molar-refractivity contribution in [2.45, 2.75) is 11.7 Å². The SMILES string of the molecule is COc1ccc(OC)c(NC(=O)CC2SC(=Nc3ccc(N(C)C)cc3)NC2=O)c1. The van der Waals surface area contributed by atoms with Crippen molar-refractivity contribution in [3.8, 4) is 11.5 Å². The van der Waals surface area contributed by atoms with Crippen LogP contribution in [0, 0.1) is 0 Å². The molecule has 0 spiro atoms. The second-order valence-corrected chi connectivity index (χ2v) is 7.93. The van der Waals surface area contributed by atoms with Gasteiger partial charge in [0.15, 0.2) is 5.17 Å². The summed E-state index contributed by atoms with van der Waals surface area (Å²) < 4.78 is 10.5. The molecular formula is C21H24N4O4S. The zero-order valence-corrected chi connectivity index (χ0v) is 18.1. The third-order valence-electron chi connectivity index (χ3n) is 4.42. The molecule has 30 heavy (non-hydrogen) atoms. The number of benzene rings is 2. The number of hydrogen-bond donors (Lipinski definition) is 2. The highest BCUT2D eigenvalue weighted by molar-refractivity contribution is 8.15. The van der Waals surface area contributed by atoms with E-state index in [1.165, 1.54) is 18.9 Å². The molecule has 1 saturated heterocycles. The Kier molecular flexibility index (Phi) is 6.83. The minimum absolute atomic E-state index is 0.00938. The number of anilines is 2. The summed E-state index contributed by atoms with van der Waals surface area (Å²) in [6.07, 6.45) is 0.00938. The molecule has 3 rings (SSSR count). The van der Waals surface area contributed by atoms with Crippen LogP contribution < -0.4 is 25.0 Å². The second kappa shape index (κ2) is 9.53. The summed E-state index contributed by atoms with van der Waals surface area (Å²) in [5.41, 5.74) is 2.28. The summed E-state index contributed by atoms with van der Waals surface area (Å²) >= 11 is 1.24. The number of rotatable bonds is 7. The first-order chi connectivity index (χ1) is 14.4. The third-order valence-corrected chi connectivity index (χ3v) is 5.51. The smallest absolute Gasteiger partial charge is 0.240 e. The van der Waals surface area contributed by atoms with Gasteiger partial charge in [-0.1, -0.05) is 11.8 Å². The molecule has 2 aromatic rings. The molecular weight excluding hydrogens is 404 g/mol. The van der Waals surface area contributed by atoms with Gasteiger partial charge in [0.25, 0.3) is 0 Å². The van der Waals surface area contributed by atoms with Crippen LogP contribution in [0.2, 0.25) is 0 Å². The van der Waals surface area contributed by atoms with Gasteiger partial charge in [-0.2, -0.15) is 0 Å². The normalized spacial score (nSPS) is 16.9. The number of hydrogen-bond acceptors (Lipinski definition) is 7. The summed E-state index contributed by atoms with van der Waals surface area (Å²) in [4.78, 5) is 31.2. The van der Waals surface area contributed by atoms with Gasteiger partial charge in [0.05, 0.1) is 25.6 Å². The molecule has 1 heterocycles. The van der Waals surface area contributed by atoms with Crippen LogP contribution in [0.4, 0.5) is 17.1 Å². The fourth-order valence-electron chi connectivity index (χ4n) is 2.82. The third kappa shape index (κ3) is 5.24. The van der Waals surface area contributed by atoms with Gasteiger partial charge in [0.2, 0.25) is 11.8 Å². The highest BCUT2D eigenvalue weighted by Gasteiger charge is 2.32. The number of aliphatic imine (C=N–C) groups is 1. The quantitative estimate of drug-likeness (QED) is 0.704. The van der Waals surface area contributed by atoms with Crippen molar-refractivity contribution in [3.05, 3.63) is 42.5 Å². The summed E-state index contributed by atoms with van der Waals surface area (Å²) in [5.74, 6) is 0.562. The average Bonchev–Trinajstić information content (AvgIpc) is 3.06. The van der Waals surface area contributed by atoms with Gasteiger partial charge in [0.1, 0.15) is 16.7 Å². The fourth-order valence-corrected chi connectivity index (χ4v) is 3.80. The molecule has 1 unspecified atom stereocenters. The van der Waals surface area contributed by atoms with E-state index in [4.69, 9.17) is 9.47 Å². The van der Waals surface area contributed by atoms with Gasteiger partial charge in [0, 0.05) is 32.3 Å². The number of nitrogens with zero attached hydrogens (tertiary/aromatic N) is 2. The molecule has 158 valence electrons. The van der Waals surface area contributed by atoms with E-state index in [2.05, 4.69) is 15.6 Å². The molecule has 2 amide bonds. The standard InChI is InChI=1S/C21H24N4O4S/c1-25(2)14-7-5-13(6-8-14)22-21-24-20(27)18(30-21)12-19(26)23-16-11-15(28-3)9-10-17(16)29-4/h5-11,18H,12H2,1-4H3,(H,23,26)(H,22,24,27). The van der Waals surface area contributed by atoms with E-state index in [-0.39, 0.29) is 18.2 Å². The lowest BCUT2D eigenvalue weighted by molar-refractivity contribution is -0.122. The molecule has 0 bridgehead atoms. The van der Waals surface area contributed by atoms with Crippen molar-refractivity contribution in [3.63, 3.8) is 0 Å². The van der Waals surface area contributed by atoms with E-state index < -0.39 is 5.25 Å². The van der Waals surface area contributed by atoms with Crippen LogP contribution in [0.3, 0.4) is 0 Å². The number of thioether (sulfide) groups is 1. The molecule has 2 N–H and O–H groups in total. The van der Waals surface area contributed by atoms with Crippen molar-refractivity contribution in [1.82, 2.24) is 5.32 Å². The molecule has 8 nitrogen and oxygen atoms in total. The largest absolute Gasteiger partial charge is 0.497 e. The van der Waals surface area contributed by atoms with Crippen LogP contribution in [0.1, 0.15) is 6.42 Å². The maximum absolute atomic E-state index is 12.5. The topological polar surface area (TPSA) is 92.3 Å². The monoisotopic (exact) mass is 428 g/mol. The van der Waals surface area contributed by atoms with Crippen molar-refractivity contribution in [1.29, 1.82) is 0 Å². The Morgan fingerprint density at radius 2 is 1.90 bits per heavy atom. The Morgan fingerprint density at radius 1 is 1.17 bits per heavy atom. The zero-order valence-electron chi connectivity index (χ0n) is 17.3. The van der Waals surface area contributed by atoms with Crippen LogP contribution >= 0.6 is 11.8 Å². The summed E-state index contributed by atoms with van der Waals surface area (Å²) in [6, 6.07) is 12.8. The lowest BCUT2D eigenvalue weighted by atomic mass is 10.2. The lowest BCUT2D eigenvalue weighted by Crippen LogP contribution is -2.28. The molecule has 1 atom stereocenters.